The zero-order valence-electron chi connectivity index (χ0n) is 6.69. The molecule has 0 heterocycles. The first kappa shape index (κ1) is 10.9. The van der Waals surface area contributed by atoms with Gasteiger partial charge in [0.2, 0.25) is 0 Å². The first-order chi connectivity index (χ1) is 6.45. The largest absolute Gasteiger partial charge is 0.416 e. The molecular formula is C8H4BrF3N2. The number of hydrogen-bond acceptors (Lipinski definition) is 2. The van der Waals surface area contributed by atoms with Gasteiger partial charge < -0.3 is 0 Å². The van der Waals surface area contributed by atoms with Crippen LogP contribution < -0.4 is 5.32 Å². The molecule has 0 spiro atoms. The van der Waals surface area contributed by atoms with Gasteiger partial charge in [0, 0.05) is 4.47 Å². The second-order valence-electron chi connectivity index (χ2n) is 2.43. The van der Waals surface area contributed by atoms with E-state index >= 15 is 0 Å². The van der Waals surface area contributed by atoms with Gasteiger partial charge in [-0.15, -0.1) is 0 Å². The Morgan fingerprint density at radius 3 is 2.50 bits per heavy atom. The predicted molar refractivity (Wildman–Crippen MR) is 48.4 cm³/mol. The maximum atomic E-state index is 12.2. The van der Waals surface area contributed by atoms with Crippen LogP contribution in [-0.2, 0) is 6.18 Å². The molecule has 0 saturated heterocycles. The Morgan fingerprint density at radius 2 is 2.00 bits per heavy atom. The van der Waals surface area contributed by atoms with Gasteiger partial charge in [-0.1, -0.05) is 0 Å². The molecule has 0 aliphatic rings. The molecule has 0 atom stereocenters. The van der Waals surface area contributed by atoms with E-state index in [4.69, 9.17) is 5.26 Å². The summed E-state index contributed by atoms with van der Waals surface area (Å²) < 4.78 is 37.1. The van der Waals surface area contributed by atoms with Crippen molar-refractivity contribution in [3.05, 3.63) is 28.2 Å². The SMILES string of the molecule is N#CNc1cc(C(F)(F)F)ccc1Br. The predicted octanol–water partition coefficient (Wildman–Crippen LogP) is 3.36. The minimum absolute atomic E-state index is 0.0994. The molecule has 0 unspecified atom stereocenters. The van der Waals surface area contributed by atoms with Gasteiger partial charge in [0.25, 0.3) is 0 Å². The molecule has 1 aromatic rings. The summed E-state index contributed by atoms with van der Waals surface area (Å²) in [6.07, 6.45) is -2.84. The summed E-state index contributed by atoms with van der Waals surface area (Å²) in [5.74, 6) is 0. The highest BCUT2D eigenvalue weighted by Gasteiger charge is 2.30. The molecule has 1 N–H and O–H groups in total. The topological polar surface area (TPSA) is 35.8 Å². The fourth-order valence-corrected chi connectivity index (χ4v) is 1.20. The van der Waals surface area contributed by atoms with Gasteiger partial charge >= 0.3 is 6.18 Å². The highest BCUT2D eigenvalue weighted by Crippen LogP contribution is 2.33. The lowest BCUT2D eigenvalue weighted by Gasteiger charge is -2.08. The van der Waals surface area contributed by atoms with E-state index in [0.29, 0.717) is 4.47 Å². The van der Waals surface area contributed by atoms with Crippen LogP contribution in [0.25, 0.3) is 0 Å². The Bertz CT molecular complexity index is 381. The normalized spacial score (nSPS) is 10.8. The van der Waals surface area contributed by atoms with Crippen LogP contribution in [0.15, 0.2) is 22.7 Å². The average molecular weight is 265 g/mol. The van der Waals surface area contributed by atoms with E-state index in [9.17, 15) is 13.2 Å². The fourth-order valence-electron chi connectivity index (χ4n) is 0.858. The molecule has 74 valence electrons. The number of nitrogens with one attached hydrogen (secondary N) is 1. The number of rotatable bonds is 1. The Labute approximate surface area is 86.5 Å². The quantitative estimate of drug-likeness (QED) is 0.624. The molecule has 0 amide bonds. The molecule has 0 fully saturated rings. The van der Waals surface area contributed by atoms with E-state index < -0.39 is 11.7 Å². The van der Waals surface area contributed by atoms with Crippen molar-refractivity contribution in [1.29, 1.82) is 5.26 Å². The molecule has 1 aromatic carbocycles. The van der Waals surface area contributed by atoms with Crippen LogP contribution in [0.2, 0.25) is 0 Å². The van der Waals surface area contributed by atoms with Crippen LogP contribution in [0.1, 0.15) is 5.56 Å². The van der Waals surface area contributed by atoms with Gasteiger partial charge in [0.05, 0.1) is 11.3 Å². The summed E-state index contributed by atoms with van der Waals surface area (Å²) in [7, 11) is 0. The Kier molecular flexibility index (Phi) is 3.01. The van der Waals surface area contributed by atoms with Crippen molar-refractivity contribution < 1.29 is 13.2 Å². The van der Waals surface area contributed by atoms with Crippen LogP contribution in [0.5, 0.6) is 0 Å². The molecular weight excluding hydrogens is 261 g/mol. The van der Waals surface area contributed by atoms with Gasteiger partial charge in [-0.3, -0.25) is 5.32 Å². The van der Waals surface area contributed by atoms with Crippen molar-refractivity contribution in [2.75, 3.05) is 5.32 Å². The van der Waals surface area contributed by atoms with Gasteiger partial charge in [0.15, 0.2) is 6.19 Å². The summed E-state index contributed by atoms with van der Waals surface area (Å²) >= 11 is 3.02. The monoisotopic (exact) mass is 264 g/mol. The lowest BCUT2D eigenvalue weighted by atomic mass is 10.2. The number of anilines is 1. The van der Waals surface area contributed by atoms with Gasteiger partial charge in [-0.2, -0.15) is 18.4 Å². The van der Waals surface area contributed by atoms with Crippen molar-refractivity contribution in [3.63, 3.8) is 0 Å². The van der Waals surface area contributed by atoms with Gasteiger partial charge in [-0.25, -0.2) is 0 Å². The lowest BCUT2D eigenvalue weighted by Crippen LogP contribution is -2.05. The zero-order chi connectivity index (χ0) is 10.8. The molecule has 6 heteroatoms. The Hall–Kier alpha value is -1.22. The maximum absolute atomic E-state index is 12.2. The van der Waals surface area contributed by atoms with Crippen molar-refractivity contribution >= 4 is 21.6 Å². The number of nitrogens with zero attached hydrogens (tertiary/aromatic N) is 1. The van der Waals surface area contributed by atoms with Crippen LogP contribution in [0.3, 0.4) is 0 Å². The average Bonchev–Trinajstić information content (AvgIpc) is 2.07. The second-order valence-corrected chi connectivity index (χ2v) is 3.28. The van der Waals surface area contributed by atoms with Gasteiger partial charge in [-0.05, 0) is 34.1 Å². The van der Waals surface area contributed by atoms with E-state index in [2.05, 4.69) is 21.2 Å². The summed E-state index contributed by atoms with van der Waals surface area (Å²) in [5, 5.41) is 10.4. The number of hydrogen-bond donors (Lipinski definition) is 1. The summed E-state index contributed by atoms with van der Waals surface area (Å²) in [4.78, 5) is 0. The number of benzene rings is 1. The minimum Gasteiger partial charge on any atom is -0.292 e. The molecule has 14 heavy (non-hydrogen) atoms. The zero-order valence-corrected chi connectivity index (χ0v) is 8.28. The van der Waals surface area contributed by atoms with Gasteiger partial charge in [0.1, 0.15) is 0 Å². The highest BCUT2D eigenvalue weighted by atomic mass is 79.9. The molecule has 0 saturated carbocycles. The standard InChI is InChI=1S/C8H4BrF3N2/c9-6-2-1-5(8(10,11)12)3-7(6)14-4-13/h1-3,14H. The first-order valence-electron chi connectivity index (χ1n) is 3.47. The summed E-state index contributed by atoms with van der Waals surface area (Å²) in [6, 6.07) is 3.04. The van der Waals surface area contributed by atoms with Crippen LogP contribution in [0, 0.1) is 11.5 Å². The van der Waals surface area contributed by atoms with E-state index in [0.717, 1.165) is 12.1 Å². The molecule has 0 aliphatic heterocycles. The van der Waals surface area contributed by atoms with E-state index in [1.807, 2.05) is 0 Å². The molecule has 2 nitrogen and oxygen atoms in total. The summed E-state index contributed by atoms with van der Waals surface area (Å²) in [6.45, 7) is 0. The fraction of sp³-hybridized carbons (Fsp3) is 0.125. The third-order valence-electron chi connectivity index (χ3n) is 1.48. The van der Waals surface area contributed by atoms with E-state index in [1.54, 1.807) is 6.19 Å². The van der Waals surface area contributed by atoms with E-state index in [-0.39, 0.29) is 5.69 Å². The molecule has 0 aromatic heterocycles. The highest BCUT2D eigenvalue weighted by molar-refractivity contribution is 9.10. The van der Waals surface area contributed by atoms with Crippen molar-refractivity contribution in [2.45, 2.75) is 6.18 Å². The summed E-state index contributed by atoms with van der Waals surface area (Å²) in [5.41, 5.74) is -0.694. The Balaban J connectivity index is 3.14. The van der Waals surface area contributed by atoms with Crippen molar-refractivity contribution in [2.24, 2.45) is 0 Å². The number of alkyl halides is 3. The van der Waals surface area contributed by atoms with Crippen LogP contribution >= 0.6 is 15.9 Å². The molecule has 0 aliphatic carbocycles. The third kappa shape index (κ3) is 2.39. The van der Waals surface area contributed by atoms with E-state index in [1.165, 1.54) is 6.07 Å². The van der Waals surface area contributed by atoms with Crippen molar-refractivity contribution in [3.8, 4) is 6.19 Å². The molecule has 0 radical (unpaired) electrons. The Morgan fingerprint density at radius 1 is 1.36 bits per heavy atom. The smallest absolute Gasteiger partial charge is 0.292 e. The maximum Gasteiger partial charge on any atom is 0.416 e. The third-order valence-corrected chi connectivity index (χ3v) is 2.18. The molecule has 0 bridgehead atoms. The second kappa shape index (κ2) is 3.88. The van der Waals surface area contributed by atoms with Crippen LogP contribution in [-0.4, -0.2) is 0 Å². The van der Waals surface area contributed by atoms with Crippen molar-refractivity contribution in [1.82, 2.24) is 0 Å². The van der Waals surface area contributed by atoms with Crippen LogP contribution in [0.4, 0.5) is 18.9 Å². The first-order valence-corrected chi connectivity index (χ1v) is 4.26. The lowest BCUT2D eigenvalue weighted by molar-refractivity contribution is -0.137. The minimum atomic E-state index is -4.40. The number of nitriles is 1. The number of halogens is 4. The molecule has 1 rings (SSSR count).